The number of hydrogen-bond acceptors (Lipinski definition) is 1. The highest BCUT2D eigenvalue weighted by atomic mass is 15.1. The van der Waals surface area contributed by atoms with Crippen molar-refractivity contribution in [2.75, 3.05) is 18.0 Å². The molecule has 17 heavy (non-hydrogen) atoms. The first-order chi connectivity index (χ1) is 8.31. The largest absolute Gasteiger partial charge is 0.371 e. The van der Waals surface area contributed by atoms with Crippen LogP contribution in [0.2, 0.25) is 0 Å². The molecule has 1 aromatic carbocycles. The fraction of sp³-hybridized carbons (Fsp3) is 0.250. The number of benzene rings is 1. The molecule has 0 aromatic heterocycles. The molecular formula is C16H19N. The van der Waals surface area contributed by atoms with E-state index in [2.05, 4.69) is 42.3 Å². The van der Waals surface area contributed by atoms with Crippen molar-refractivity contribution in [3.8, 4) is 0 Å². The van der Waals surface area contributed by atoms with Crippen LogP contribution < -0.4 is 4.90 Å². The number of para-hydroxylation sites is 1. The van der Waals surface area contributed by atoms with E-state index < -0.39 is 0 Å². The van der Waals surface area contributed by atoms with Crippen LogP contribution in [-0.2, 0) is 6.42 Å². The van der Waals surface area contributed by atoms with E-state index in [4.69, 9.17) is 0 Å². The quantitative estimate of drug-likeness (QED) is 0.690. The molecule has 0 aliphatic carbocycles. The first-order valence-electron chi connectivity index (χ1n) is 6.11. The smallest absolute Gasteiger partial charge is 0.0399 e. The molecule has 1 aromatic rings. The van der Waals surface area contributed by atoms with Crippen LogP contribution in [0.4, 0.5) is 5.69 Å². The normalized spacial score (nSPS) is 14.0. The van der Waals surface area contributed by atoms with Gasteiger partial charge in [0.2, 0.25) is 0 Å². The summed E-state index contributed by atoms with van der Waals surface area (Å²) in [4.78, 5) is 2.45. The minimum atomic E-state index is 1.01. The van der Waals surface area contributed by atoms with Crippen molar-refractivity contribution in [3.05, 3.63) is 66.8 Å². The third kappa shape index (κ3) is 2.88. The lowest BCUT2D eigenvalue weighted by Crippen LogP contribution is -2.21. The monoisotopic (exact) mass is 225 g/mol. The van der Waals surface area contributed by atoms with Gasteiger partial charge in [0.05, 0.1) is 0 Å². The lowest BCUT2D eigenvalue weighted by atomic mass is 10.1. The van der Waals surface area contributed by atoms with E-state index in [1.807, 2.05) is 12.2 Å². The van der Waals surface area contributed by atoms with Crippen LogP contribution in [0, 0.1) is 0 Å². The summed E-state index contributed by atoms with van der Waals surface area (Å²) in [6.45, 7) is 9.90. The van der Waals surface area contributed by atoms with Crippen LogP contribution in [0.5, 0.6) is 0 Å². The second kappa shape index (κ2) is 5.53. The molecule has 0 atom stereocenters. The van der Waals surface area contributed by atoms with Crippen molar-refractivity contribution in [2.24, 2.45) is 0 Å². The van der Waals surface area contributed by atoms with Crippen molar-refractivity contribution >= 4 is 5.69 Å². The maximum Gasteiger partial charge on any atom is 0.0399 e. The van der Waals surface area contributed by atoms with Crippen molar-refractivity contribution in [3.63, 3.8) is 0 Å². The molecule has 2 rings (SSSR count). The molecule has 0 saturated heterocycles. The molecule has 0 spiro atoms. The van der Waals surface area contributed by atoms with E-state index in [1.165, 1.54) is 17.7 Å². The van der Waals surface area contributed by atoms with Crippen molar-refractivity contribution < 1.29 is 0 Å². The second-order valence-corrected chi connectivity index (χ2v) is 4.37. The number of anilines is 1. The molecule has 0 N–H and O–H groups in total. The van der Waals surface area contributed by atoms with Gasteiger partial charge in [-0.25, -0.2) is 0 Å². The summed E-state index contributed by atoms with van der Waals surface area (Å²) < 4.78 is 0. The van der Waals surface area contributed by atoms with Crippen LogP contribution in [-0.4, -0.2) is 13.1 Å². The Bertz CT molecular complexity index is 443. The number of rotatable bonds is 5. The van der Waals surface area contributed by atoms with Gasteiger partial charge in [-0.1, -0.05) is 55.2 Å². The molecule has 0 amide bonds. The zero-order valence-corrected chi connectivity index (χ0v) is 10.2. The van der Waals surface area contributed by atoms with E-state index >= 15 is 0 Å². The molecule has 1 aliphatic heterocycles. The highest BCUT2D eigenvalue weighted by Gasteiger charge is 2.17. The van der Waals surface area contributed by atoms with Crippen LogP contribution in [0.15, 0.2) is 61.2 Å². The minimum absolute atomic E-state index is 1.01. The number of hydrogen-bond donors (Lipinski definition) is 0. The molecule has 0 unspecified atom stereocenters. The fourth-order valence-electron chi connectivity index (χ4n) is 2.20. The summed E-state index contributed by atoms with van der Waals surface area (Å²) in [5, 5.41) is 0. The van der Waals surface area contributed by atoms with Gasteiger partial charge in [0.15, 0.2) is 0 Å². The predicted molar refractivity (Wildman–Crippen MR) is 75.5 cm³/mol. The summed E-state index contributed by atoms with van der Waals surface area (Å²) >= 11 is 0. The zero-order valence-electron chi connectivity index (χ0n) is 10.2. The van der Waals surface area contributed by atoms with Crippen molar-refractivity contribution in [2.45, 2.75) is 12.8 Å². The summed E-state index contributed by atoms with van der Waals surface area (Å²) in [6.07, 6.45) is 7.95. The predicted octanol–water partition coefficient (Wildman–Crippen LogP) is 3.74. The second-order valence-electron chi connectivity index (χ2n) is 4.37. The maximum absolute atomic E-state index is 4.05. The first-order valence-corrected chi connectivity index (χ1v) is 6.11. The van der Waals surface area contributed by atoms with Gasteiger partial charge in [0.1, 0.15) is 0 Å². The third-order valence-electron chi connectivity index (χ3n) is 3.15. The molecule has 0 radical (unpaired) electrons. The van der Waals surface area contributed by atoms with Crippen LogP contribution >= 0.6 is 0 Å². The Balaban J connectivity index is 1.92. The van der Waals surface area contributed by atoms with Crippen LogP contribution in [0.25, 0.3) is 0 Å². The molecule has 0 saturated carbocycles. The van der Waals surface area contributed by atoms with Crippen LogP contribution in [0.1, 0.15) is 12.0 Å². The topological polar surface area (TPSA) is 3.24 Å². The Morgan fingerprint density at radius 3 is 3.00 bits per heavy atom. The van der Waals surface area contributed by atoms with Gasteiger partial charge in [0, 0.05) is 18.8 Å². The summed E-state index contributed by atoms with van der Waals surface area (Å²) in [7, 11) is 0. The summed E-state index contributed by atoms with van der Waals surface area (Å²) in [5.74, 6) is 0. The van der Waals surface area contributed by atoms with Gasteiger partial charge in [-0.05, 0) is 24.5 Å². The Kier molecular flexibility index (Phi) is 3.81. The Hall–Kier alpha value is -1.76. The van der Waals surface area contributed by atoms with Crippen molar-refractivity contribution in [1.82, 2.24) is 0 Å². The lowest BCUT2D eigenvalue weighted by Gasteiger charge is -2.19. The van der Waals surface area contributed by atoms with Gasteiger partial charge in [-0.3, -0.25) is 0 Å². The van der Waals surface area contributed by atoms with E-state index in [-0.39, 0.29) is 0 Å². The average molecular weight is 225 g/mol. The third-order valence-corrected chi connectivity index (χ3v) is 3.15. The molecule has 1 nitrogen and oxygen atoms in total. The summed E-state index contributed by atoms with van der Waals surface area (Å²) in [5.41, 5.74) is 4.03. The molecule has 1 heterocycles. The van der Waals surface area contributed by atoms with Gasteiger partial charge >= 0.3 is 0 Å². The molecule has 88 valence electrons. The van der Waals surface area contributed by atoms with E-state index in [0.29, 0.717) is 0 Å². The highest BCUT2D eigenvalue weighted by molar-refractivity contribution is 5.57. The van der Waals surface area contributed by atoms with Gasteiger partial charge in [-0.2, -0.15) is 0 Å². The fourth-order valence-corrected chi connectivity index (χ4v) is 2.20. The first kappa shape index (κ1) is 11.7. The zero-order chi connectivity index (χ0) is 12.1. The van der Waals surface area contributed by atoms with Crippen molar-refractivity contribution in [1.29, 1.82) is 0 Å². The van der Waals surface area contributed by atoms with Gasteiger partial charge in [-0.15, -0.1) is 0 Å². The number of nitrogens with zero attached hydrogens (tertiary/aromatic N) is 1. The number of fused-ring (bicyclic) bond motifs is 1. The SMILES string of the molecule is C=CC=CC(=C)CCN1CCc2ccccc21. The maximum atomic E-state index is 4.05. The Labute approximate surface area is 104 Å². The summed E-state index contributed by atoms with van der Waals surface area (Å²) in [6, 6.07) is 8.67. The standard InChI is InChI=1S/C16H19N/c1-3-4-7-14(2)10-12-17-13-11-15-8-5-6-9-16(15)17/h3-9H,1-2,10-13H2. The molecular weight excluding hydrogens is 206 g/mol. The Morgan fingerprint density at radius 2 is 2.18 bits per heavy atom. The highest BCUT2D eigenvalue weighted by Crippen LogP contribution is 2.27. The molecule has 1 aliphatic rings. The van der Waals surface area contributed by atoms with E-state index in [9.17, 15) is 0 Å². The van der Waals surface area contributed by atoms with Crippen LogP contribution in [0.3, 0.4) is 0 Å². The van der Waals surface area contributed by atoms with Gasteiger partial charge in [0.25, 0.3) is 0 Å². The minimum Gasteiger partial charge on any atom is -0.371 e. The van der Waals surface area contributed by atoms with Gasteiger partial charge < -0.3 is 4.90 Å². The Morgan fingerprint density at radius 1 is 1.35 bits per heavy atom. The van der Waals surface area contributed by atoms with E-state index in [0.717, 1.165) is 25.1 Å². The molecule has 0 bridgehead atoms. The lowest BCUT2D eigenvalue weighted by molar-refractivity contribution is 0.816. The molecule has 1 heteroatoms. The average Bonchev–Trinajstić information content (AvgIpc) is 2.77. The molecule has 0 fully saturated rings. The number of allylic oxidation sites excluding steroid dienone is 3. The van der Waals surface area contributed by atoms with E-state index in [1.54, 1.807) is 6.08 Å².